The van der Waals surface area contributed by atoms with Crippen molar-refractivity contribution in [2.45, 2.75) is 39.3 Å². The summed E-state index contributed by atoms with van der Waals surface area (Å²) in [7, 11) is 0. The topological polar surface area (TPSA) is 46.3 Å². The predicted octanol–water partition coefficient (Wildman–Crippen LogP) is 3.14. The molecule has 0 spiro atoms. The fourth-order valence-electron chi connectivity index (χ4n) is 3.32. The van der Waals surface area contributed by atoms with Gasteiger partial charge in [0.15, 0.2) is 4.96 Å². The Hall–Kier alpha value is -1.79. The molecule has 0 amide bonds. The van der Waals surface area contributed by atoms with Crippen molar-refractivity contribution >= 4 is 16.3 Å². The molecule has 1 fully saturated rings. The average Bonchev–Trinajstić information content (AvgIpc) is 3.18. The maximum atomic E-state index is 4.68. The predicted molar refractivity (Wildman–Crippen MR) is 87.0 cm³/mol. The highest BCUT2D eigenvalue weighted by Gasteiger charge is 2.28. The Labute approximate surface area is 133 Å². The Morgan fingerprint density at radius 1 is 1.27 bits per heavy atom. The summed E-state index contributed by atoms with van der Waals surface area (Å²) >= 11 is 1.69. The molecule has 0 saturated carbocycles. The maximum absolute atomic E-state index is 4.68. The van der Waals surface area contributed by atoms with Crippen molar-refractivity contribution in [2.75, 3.05) is 6.54 Å². The van der Waals surface area contributed by atoms with E-state index in [-0.39, 0.29) is 0 Å². The van der Waals surface area contributed by atoms with Crippen LogP contribution in [0.2, 0.25) is 0 Å². The van der Waals surface area contributed by atoms with Crippen LogP contribution in [0.25, 0.3) is 4.96 Å². The Morgan fingerprint density at radius 2 is 2.18 bits per heavy atom. The van der Waals surface area contributed by atoms with E-state index in [1.807, 2.05) is 19.3 Å². The largest absolute Gasteiger partial charge is 0.293 e. The zero-order valence-electron chi connectivity index (χ0n) is 12.9. The average molecular weight is 313 g/mol. The zero-order valence-corrected chi connectivity index (χ0v) is 13.7. The molecule has 1 atom stereocenters. The number of likely N-dealkylation sites (tertiary alicyclic amines) is 1. The third-order valence-corrected chi connectivity index (χ3v) is 5.15. The Bertz CT molecular complexity index is 806. The van der Waals surface area contributed by atoms with Crippen LogP contribution in [0.15, 0.2) is 24.0 Å². The van der Waals surface area contributed by atoms with Crippen molar-refractivity contribution in [1.29, 1.82) is 0 Å². The molecule has 4 heterocycles. The molecular weight excluding hydrogens is 294 g/mol. The third kappa shape index (κ3) is 2.32. The molecule has 5 nitrogen and oxygen atoms in total. The number of imidazole rings is 1. The van der Waals surface area contributed by atoms with Gasteiger partial charge < -0.3 is 0 Å². The summed E-state index contributed by atoms with van der Waals surface area (Å²) in [5.74, 6) is 0. The molecule has 1 aliphatic heterocycles. The van der Waals surface area contributed by atoms with Gasteiger partial charge in [0.2, 0.25) is 0 Å². The van der Waals surface area contributed by atoms with Crippen molar-refractivity contribution in [3.63, 3.8) is 0 Å². The van der Waals surface area contributed by atoms with E-state index in [0.29, 0.717) is 6.04 Å². The number of fused-ring (bicyclic) bond motifs is 1. The Balaban J connectivity index is 1.64. The van der Waals surface area contributed by atoms with Gasteiger partial charge in [-0.25, -0.2) is 4.98 Å². The highest BCUT2D eigenvalue weighted by atomic mass is 32.1. The van der Waals surface area contributed by atoms with Crippen molar-refractivity contribution in [3.8, 4) is 0 Å². The van der Waals surface area contributed by atoms with Gasteiger partial charge in [-0.1, -0.05) is 0 Å². The molecule has 0 aliphatic carbocycles. The van der Waals surface area contributed by atoms with Gasteiger partial charge in [0.25, 0.3) is 0 Å². The van der Waals surface area contributed by atoms with Gasteiger partial charge in [0.1, 0.15) is 0 Å². The molecule has 3 aromatic heterocycles. The van der Waals surface area contributed by atoms with Crippen LogP contribution in [0.5, 0.6) is 0 Å². The minimum absolute atomic E-state index is 0.371. The van der Waals surface area contributed by atoms with E-state index >= 15 is 0 Å². The van der Waals surface area contributed by atoms with Crippen LogP contribution in [0.3, 0.4) is 0 Å². The highest BCUT2D eigenvalue weighted by molar-refractivity contribution is 7.15. The fraction of sp³-hybridized carbons (Fsp3) is 0.438. The smallest absolute Gasteiger partial charge is 0.194 e. The first-order valence-electron chi connectivity index (χ1n) is 7.66. The number of rotatable bonds is 3. The summed E-state index contributed by atoms with van der Waals surface area (Å²) < 4.78 is 2.22. The Morgan fingerprint density at radius 3 is 3.05 bits per heavy atom. The zero-order chi connectivity index (χ0) is 15.1. The van der Waals surface area contributed by atoms with Gasteiger partial charge >= 0.3 is 0 Å². The van der Waals surface area contributed by atoms with Gasteiger partial charge in [0.05, 0.1) is 28.8 Å². The molecule has 0 N–H and O–H groups in total. The van der Waals surface area contributed by atoms with E-state index in [2.05, 4.69) is 42.8 Å². The van der Waals surface area contributed by atoms with Crippen LogP contribution >= 0.6 is 11.3 Å². The van der Waals surface area contributed by atoms with Crippen LogP contribution in [-0.4, -0.2) is 30.8 Å². The molecule has 1 aliphatic rings. The maximum Gasteiger partial charge on any atom is 0.194 e. The molecule has 3 aromatic rings. The molecule has 0 unspecified atom stereocenters. The van der Waals surface area contributed by atoms with Crippen LogP contribution in [0.1, 0.15) is 41.7 Å². The number of aromatic nitrogens is 4. The quantitative estimate of drug-likeness (QED) is 0.745. The molecule has 22 heavy (non-hydrogen) atoms. The minimum Gasteiger partial charge on any atom is -0.293 e. The van der Waals surface area contributed by atoms with Crippen LogP contribution < -0.4 is 0 Å². The van der Waals surface area contributed by atoms with Gasteiger partial charge in [-0.05, 0) is 33.2 Å². The van der Waals surface area contributed by atoms with Crippen molar-refractivity contribution in [3.05, 3.63) is 46.7 Å². The van der Waals surface area contributed by atoms with Gasteiger partial charge in [-0.2, -0.15) is 0 Å². The molecule has 4 rings (SSSR count). The second kappa shape index (κ2) is 5.44. The molecule has 0 radical (unpaired) electrons. The number of aryl methyl sites for hydroxylation is 2. The SMILES string of the molecule is Cc1cncc([C@H]2CCCN2Cc2c(C)nc3sccn23)n1. The van der Waals surface area contributed by atoms with Crippen LogP contribution in [-0.2, 0) is 6.54 Å². The van der Waals surface area contributed by atoms with Crippen LogP contribution in [0.4, 0.5) is 0 Å². The second-order valence-corrected chi connectivity index (χ2v) is 6.79. The number of hydrogen-bond donors (Lipinski definition) is 0. The Kier molecular flexibility index (Phi) is 3.43. The van der Waals surface area contributed by atoms with Gasteiger partial charge in [0, 0.05) is 30.5 Å². The summed E-state index contributed by atoms with van der Waals surface area (Å²) in [5, 5.41) is 2.10. The summed E-state index contributed by atoms with van der Waals surface area (Å²) in [6.07, 6.45) is 8.22. The minimum atomic E-state index is 0.371. The molecule has 6 heteroatoms. The monoisotopic (exact) mass is 313 g/mol. The molecule has 1 saturated heterocycles. The summed E-state index contributed by atoms with van der Waals surface area (Å²) in [4.78, 5) is 17.2. The van der Waals surface area contributed by atoms with E-state index < -0.39 is 0 Å². The first kappa shape index (κ1) is 13.8. The van der Waals surface area contributed by atoms with E-state index in [0.717, 1.165) is 41.6 Å². The van der Waals surface area contributed by atoms with E-state index in [9.17, 15) is 0 Å². The second-order valence-electron chi connectivity index (χ2n) is 5.91. The summed E-state index contributed by atoms with van der Waals surface area (Å²) in [6, 6.07) is 0.371. The fourth-order valence-corrected chi connectivity index (χ4v) is 4.10. The van der Waals surface area contributed by atoms with E-state index in [1.165, 1.54) is 12.1 Å². The first-order valence-corrected chi connectivity index (χ1v) is 8.54. The lowest BCUT2D eigenvalue weighted by Crippen LogP contribution is -2.24. The lowest BCUT2D eigenvalue weighted by molar-refractivity contribution is 0.240. The number of thiazole rings is 1. The van der Waals surface area contributed by atoms with Crippen molar-refractivity contribution < 1.29 is 0 Å². The lowest BCUT2D eigenvalue weighted by atomic mass is 10.1. The third-order valence-electron chi connectivity index (χ3n) is 4.39. The normalized spacial score (nSPS) is 19.3. The number of hydrogen-bond acceptors (Lipinski definition) is 5. The molecule has 114 valence electrons. The van der Waals surface area contributed by atoms with Gasteiger partial charge in [-0.3, -0.25) is 19.3 Å². The molecule has 0 aromatic carbocycles. The standard InChI is InChI=1S/C16H19N5S/c1-11-8-17-9-13(18-11)14-4-3-5-20(14)10-15-12(2)19-16-21(15)6-7-22-16/h6-9,14H,3-5,10H2,1-2H3/t14-/m1/s1. The highest BCUT2D eigenvalue weighted by Crippen LogP contribution is 2.32. The molecule has 0 bridgehead atoms. The summed E-state index contributed by atoms with van der Waals surface area (Å²) in [5.41, 5.74) is 4.52. The summed E-state index contributed by atoms with van der Waals surface area (Å²) in [6.45, 7) is 6.14. The number of nitrogens with zero attached hydrogens (tertiary/aromatic N) is 5. The molecular formula is C16H19N5S. The van der Waals surface area contributed by atoms with E-state index in [1.54, 1.807) is 11.3 Å². The lowest BCUT2D eigenvalue weighted by Gasteiger charge is -2.24. The van der Waals surface area contributed by atoms with E-state index in [4.69, 9.17) is 0 Å². The van der Waals surface area contributed by atoms with Crippen molar-refractivity contribution in [2.24, 2.45) is 0 Å². The first-order chi connectivity index (χ1) is 10.7. The van der Waals surface area contributed by atoms with Crippen LogP contribution in [0, 0.1) is 13.8 Å². The van der Waals surface area contributed by atoms with Gasteiger partial charge in [-0.15, -0.1) is 11.3 Å². The van der Waals surface area contributed by atoms with Crippen molar-refractivity contribution in [1.82, 2.24) is 24.3 Å².